The summed E-state index contributed by atoms with van der Waals surface area (Å²) in [6.07, 6.45) is 0. The average Bonchev–Trinajstić information content (AvgIpc) is 3.07. The van der Waals surface area contributed by atoms with Crippen molar-refractivity contribution in [1.29, 1.82) is 0 Å². The van der Waals surface area contributed by atoms with Crippen LogP contribution in [0.15, 0.2) is 24.3 Å². The maximum Gasteiger partial charge on any atom is 0.358 e. The number of aromatic nitrogens is 3. The van der Waals surface area contributed by atoms with Gasteiger partial charge in [0.2, 0.25) is 0 Å². The Morgan fingerprint density at radius 2 is 1.58 bits per heavy atom. The molecule has 0 spiro atoms. The Morgan fingerprint density at radius 3 is 2.23 bits per heavy atom. The number of fused-ring (bicyclic) bond motifs is 1. The Balaban J connectivity index is 2.13. The fourth-order valence-electron chi connectivity index (χ4n) is 2.39. The molecule has 3 rings (SSSR count). The molecule has 3 aromatic rings. The fourth-order valence-corrected chi connectivity index (χ4v) is 3.37. The van der Waals surface area contributed by atoms with Gasteiger partial charge in [0.1, 0.15) is 15.6 Å². The summed E-state index contributed by atoms with van der Waals surface area (Å²) in [5.41, 5.74) is 2.60. The first kappa shape index (κ1) is 17.9. The molecular formula is C18H17N3O4S. The molecule has 26 heavy (non-hydrogen) atoms. The second-order valence-corrected chi connectivity index (χ2v) is 6.28. The fraction of sp³-hybridized carbons (Fsp3) is 0.278. The van der Waals surface area contributed by atoms with Gasteiger partial charge in [0.25, 0.3) is 0 Å². The van der Waals surface area contributed by atoms with Gasteiger partial charge in [-0.2, -0.15) is 0 Å². The number of carbonyl (C=O) groups is 2. The van der Waals surface area contributed by atoms with Gasteiger partial charge in [-0.05, 0) is 32.9 Å². The number of nitrogens with zero attached hydrogens (tertiary/aromatic N) is 3. The third-order valence-electron chi connectivity index (χ3n) is 3.50. The summed E-state index contributed by atoms with van der Waals surface area (Å²) in [7, 11) is 0. The van der Waals surface area contributed by atoms with Gasteiger partial charge in [-0.25, -0.2) is 24.5 Å². The number of para-hydroxylation sites is 2. The van der Waals surface area contributed by atoms with Crippen LogP contribution in [0.25, 0.3) is 21.7 Å². The lowest BCUT2D eigenvalue weighted by Gasteiger charge is -2.03. The van der Waals surface area contributed by atoms with Crippen molar-refractivity contribution in [3.05, 3.63) is 40.5 Å². The van der Waals surface area contributed by atoms with Gasteiger partial charge in [0, 0.05) is 0 Å². The van der Waals surface area contributed by atoms with Crippen LogP contribution in [0.5, 0.6) is 0 Å². The Kier molecular flexibility index (Phi) is 5.22. The highest BCUT2D eigenvalue weighted by Crippen LogP contribution is 2.30. The molecule has 2 heterocycles. The molecule has 134 valence electrons. The highest BCUT2D eigenvalue weighted by atomic mass is 32.1. The van der Waals surface area contributed by atoms with E-state index in [2.05, 4.69) is 15.0 Å². The van der Waals surface area contributed by atoms with Crippen LogP contribution in [0.4, 0.5) is 0 Å². The zero-order valence-corrected chi connectivity index (χ0v) is 15.4. The quantitative estimate of drug-likeness (QED) is 0.635. The van der Waals surface area contributed by atoms with E-state index < -0.39 is 11.9 Å². The minimum Gasteiger partial charge on any atom is -0.462 e. The van der Waals surface area contributed by atoms with Gasteiger partial charge in [0.05, 0.1) is 29.9 Å². The number of esters is 2. The number of benzene rings is 1. The minimum atomic E-state index is -0.663. The maximum atomic E-state index is 12.2. The maximum absolute atomic E-state index is 12.2. The summed E-state index contributed by atoms with van der Waals surface area (Å²) in [6.45, 7) is 5.58. The predicted octanol–water partition coefficient (Wildman–Crippen LogP) is 3.42. The molecule has 0 aliphatic heterocycles. The first-order valence-corrected chi connectivity index (χ1v) is 8.95. The first-order valence-electron chi connectivity index (χ1n) is 8.14. The molecule has 0 aliphatic carbocycles. The lowest BCUT2D eigenvalue weighted by Crippen LogP contribution is -2.12. The molecule has 0 bridgehead atoms. The van der Waals surface area contributed by atoms with Gasteiger partial charge in [0.15, 0.2) is 5.69 Å². The summed E-state index contributed by atoms with van der Waals surface area (Å²) < 4.78 is 10.0. The van der Waals surface area contributed by atoms with Crippen LogP contribution in [-0.2, 0) is 9.47 Å². The lowest BCUT2D eigenvalue weighted by molar-refractivity contribution is 0.0479. The number of hydrogen-bond donors (Lipinski definition) is 0. The summed E-state index contributed by atoms with van der Waals surface area (Å²) in [4.78, 5) is 37.9. The zero-order valence-electron chi connectivity index (χ0n) is 14.6. The Hall–Kier alpha value is -2.87. The second kappa shape index (κ2) is 7.57. The number of carbonyl (C=O) groups excluding carboxylic acids is 2. The van der Waals surface area contributed by atoms with E-state index in [0.717, 1.165) is 16.9 Å². The van der Waals surface area contributed by atoms with Crippen LogP contribution < -0.4 is 0 Å². The summed E-state index contributed by atoms with van der Waals surface area (Å²) >= 11 is 1.05. The molecule has 0 fully saturated rings. The number of aryl methyl sites for hydroxylation is 1. The number of thiazole rings is 1. The smallest absolute Gasteiger partial charge is 0.358 e. The Bertz CT molecular complexity index is 948. The third-order valence-corrected chi connectivity index (χ3v) is 4.55. The van der Waals surface area contributed by atoms with Crippen molar-refractivity contribution < 1.29 is 19.1 Å². The number of ether oxygens (including phenoxy) is 2. The van der Waals surface area contributed by atoms with Crippen LogP contribution in [0, 0.1) is 6.92 Å². The molecule has 0 saturated heterocycles. The van der Waals surface area contributed by atoms with Crippen molar-refractivity contribution in [2.24, 2.45) is 0 Å². The molecule has 0 radical (unpaired) electrons. The topological polar surface area (TPSA) is 91.3 Å². The van der Waals surface area contributed by atoms with Gasteiger partial charge < -0.3 is 9.47 Å². The van der Waals surface area contributed by atoms with Gasteiger partial charge >= 0.3 is 11.9 Å². The predicted molar refractivity (Wildman–Crippen MR) is 97.3 cm³/mol. The van der Waals surface area contributed by atoms with Crippen LogP contribution >= 0.6 is 11.3 Å². The van der Waals surface area contributed by atoms with Crippen molar-refractivity contribution in [2.45, 2.75) is 20.8 Å². The van der Waals surface area contributed by atoms with Crippen LogP contribution in [-0.4, -0.2) is 40.1 Å². The molecule has 0 atom stereocenters. The van der Waals surface area contributed by atoms with Crippen LogP contribution in [0.1, 0.15) is 39.7 Å². The number of rotatable bonds is 5. The van der Waals surface area contributed by atoms with E-state index in [1.54, 1.807) is 13.8 Å². The zero-order chi connectivity index (χ0) is 18.7. The van der Waals surface area contributed by atoms with Gasteiger partial charge in [-0.15, -0.1) is 11.3 Å². The molecule has 0 saturated carbocycles. The van der Waals surface area contributed by atoms with Gasteiger partial charge in [-0.3, -0.25) is 0 Å². The monoisotopic (exact) mass is 371 g/mol. The van der Waals surface area contributed by atoms with E-state index in [0.29, 0.717) is 21.9 Å². The second-order valence-electron chi connectivity index (χ2n) is 5.28. The third kappa shape index (κ3) is 3.41. The first-order chi connectivity index (χ1) is 12.5. The van der Waals surface area contributed by atoms with E-state index in [9.17, 15) is 9.59 Å². The standard InChI is InChI=1S/C18H17N3O4S/c1-4-24-17(22)14-15(18(23)25-5-2)26-16(21-14)13-10(3)19-11-8-6-7-9-12(11)20-13/h6-9H,4-5H2,1-3H3. The number of hydrogen-bond acceptors (Lipinski definition) is 8. The molecule has 8 heteroatoms. The Labute approximate surface area is 154 Å². The highest BCUT2D eigenvalue weighted by Gasteiger charge is 2.27. The SMILES string of the molecule is CCOC(=O)c1nc(-c2nc3ccccc3nc2C)sc1C(=O)OCC. The summed E-state index contributed by atoms with van der Waals surface area (Å²) in [6, 6.07) is 7.47. The molecule has 2 aromatic heterocycles. The summed E-state index contributed by atoms with van der Waals surface area (Å²) in [5, 5.41) is 0.423. The van der Waals surface area contributed by atoms with E-state index in [4.69, 9.17) is 9.47 Å². The normalized spacial score (nSPS) is 10.7. The molecular weight excluding hydrogens is 354 g/mol. The Morgan fingerprint density at radius 1 is 0.962 bits per heavy atom. The van der Waals surface area contributed by atoms with E-state index in [-0.39, 0.29) is 23.8 Å². The molecule has 0 amide bonds. The van der Waals surface area contributed by atoms with Gasteiger partial charge in [-0.1, -0.05) is 12.1 Å². The van der Waals surface area contributed by atoms with Crippen molar-refractivity contribution >= 4 is 34.3 Å². The van der Waals surface area contributed by atoms with Crippen molar-refractivity contribution in [2.75, 3.05) is 13.2 Å². The van der Waals surface area contributed by atoms with Crippen molar-refractivity contribution in [3.63, 3.8) is 0 Å². The largest absolute Gasteiger partial charge is 0.462 e. The summed E-state index contributed by atoms with van der Waals surface area (Å²) in [5.74, 6) is -1.27. The van der Waals surface area contributed by atoms with Crippen molar-refractivity contribution in [1.82, 2.24) is 15.0 Å². The molecule has 0 unspecified atom stereocenters. The van der Waals surface area contributed by atoms with Crippen LogP contribution in [0.3, 0.4) is 0 Å². The van der Waals surface area contributed by atoms with Crippen molar-refractivity contribution in [3.8, 4) is 10.7 Å². The molecule has 0 N–H and O–H groups in total. The molecule has 0 aliphatic rings. The van der Waals surface area contributed by atoms with Crippen LogP contribution in [0.2, 0.25) is 0 Å². The average molecular weight is 371 g/mol. The lowest BCUT2D eigenvalue weighted by atomic mass is 10.2. The van der Waals surface area contributed by atoms with E-state index in [1.807, 2.05) is 31.2 Å². The van der Waals surface area contributed by atoms with E-state index in [1.165, 1.54) is 0 Å². The van der Waals surface area contributed by atoms with E-state index >= 15 is 0 Å². The molecule has 7 nitrogen and oxygen atoms in total. The minimum absolute atomic E-state index is 0.0559. The molecule has 1 aromatic carbocycles. The highest BCUT2D eigenvalue weighted by molar-refractivity contribution is 7.17.